The summed E-state index contributed by atoms with van der Waals surface area (Å²) in [7, 11) is 0. The number of ether oxygens (including phenoxy) is 1. The van der Waals surface area contributed by atoms with Crippen LogP contribution in [-0.4, -0.2) is 32.9 Å². The van der Waals surface area contributed by atoms with Crippen molar-refractivity contribution in [3.05, 3.63) is 36.0 Å². The van der Waals surface area contributed by atoms with Crippen molar-refractivity contribution in [2.75, 3.05) is 11.9 Å². The van der Waals surface area contributed by atoms with Crippen molar-refractivity contribution >= 4 is 23.3 Å². The first kappa shape index (κ1) is 16.3. The van der Waals surface area contributed by atoms with Crippen LogP contribution in [0.3, 0.4) is 0 Å². The molecule has 3 aromatic rings. The molecule has 3 heterocycles. The van der Waals surface area contributed by atoms with Crippen LogP contribution in [0.2, 0.25) is 0 Å². The first-order valence-corrected chi connectivity index (χ1v) is 8.49. The smallest absolute Gasteiger partial charge is 0.358 e. The topological polar surface area (TPSA) is 98.7 Å². The van der Waals surface area contributed by atoms with Gasteiger partial charge in [-0.3, -0.25) is 4.79 Å². The molecule has 134 valence electrons. The second kappa shape index (κ2) is 6.29. The highest BCUT2D eigenvalue weighted by molar-refractivity contribution is 5.94. The Morgan fingerprint density at radius 1 is 1.31 bits per heavy atom. The zero-order valence-corrected chi connectivity index (χ0v) is 14.5. The molecule has 0 unspecified atom stereocenters. The van der Waals surface area contributed by atoms with E-state index >= 15 is 0 Å². The molecule has 0 atom stereocenters. The van der Waals surface area contributed by atoms with Gasteiger partial charge < -0.3 is 18.9 Å². The summed E-state index contributed by atoms with van der Waals surface area (Å²) in [5.74, 6) is 1.11. The van der Waals surface area contributed by atoms with Gasteiger partial charge in [-0.2, -0.15) is 0 Å². The van der Waals surface area contributed by atoms with E-state index in [1.165, 1.54) is 0 Å². The van der Waals surface area contributed by atoms with E-state index in [1.807, 2.05) is 13.0 Å². The second-order valence-electron chi connectivity index (χ2n) is 6.23. The van der Waals surface area contributed by atoms with Crippen molar-refractivity contribution in [2.24, 2.45) is 5.92 Å². The molecule has 0 radical (unpaired) electrons. The molecule has 4 rings (SSSR count). The summed E-state index contributed by atoms with van der Waals surface area (Å²) in [6, 6.07) is 3.60. The largest absolute Gasteiger partial charge is 0.461 e. The van der Waals surface area contributed by atoms with E-state index < -0.39 is 5.97 Å². The summed E-state index contributed by atoms with van der Waals surface area (Å²) in [6.07, 6.45) is 4.98. The number of nitrogens with one attached hydrogen (secondary N) is 1. The number of hydrogen-bond donors (Lipinski definition) is 1. The number of carbonyl (C=O) groups is 2. The molecule has 8 nitrogen and oxygen atoms in total. The van der Waals surface area contributed by atoms with E-state index in [4.69, 9.17) is 9.15 Å². The zero-order valence-electron chi connectivity index (χ0n) is 14.5. The number of aryl methyl sites for hydroxylation is 1. The molecule has 1 saturated carbocycles. The van der Waals surface area contributed by atoms with E-state index in [2.05, 4.69) is 15.3 Å². The van der Waals surface area contributed by atoms with Crippen molar-refractivity contribution in [3.8, 4) is 11.5 Å². The van der Waals surface area contributed by atoms with E-state index in [9.17, 15) is 9.59 Å². The standard InChI is InChI=1S/C18H18N4O4/c1-3-25-18(24)12-8-22-9-14(21-17(23)11-5-6-11)20-15(16(22)19-12)13-7-4-10(2)26-13/h4,7-9,11H,3,5-6H2,1-2H3,(H,21,23). The van der Waals surface area contributed by atoms with Gasteiger partial charge in [0, 0.05) is 12.1 Å². The predicted molar refractivity (Wildman–Crippen MR) is 92.7 cm³/mol. The molecule has 8 heteroatoms. The Labute approximate surface area is 149 Å². The van der Waals surface area contributed by atoms with E-state index in [1.54, 1.807) is 29.8 Å². The molecule has 0 saturated heterocycles. The Morgan fingerprint density at radius 3 is 2.77 bits per heavy atom. The first-order valence-electron chi connectivity index (χ1n) is 8.49. The number of carbonyl (C=O) groups excluding carboxylic acids is 2. The minimum Gasteiger partial charge on any atom is -0.461 e. The minimum absolute atomic E-state index is 0.0517. The van der Waals surface area contributed by atoms with Crippen molar-refractivity contribution in [3.63, 3.8) is 0 Å². The Hall–Kier alpha value is -3.16. The Bertz CT molecular complexity index is 1000. The lowest BCUT2D eigenvalue weighted by Crippen LogP contribution is -2.15. The lowest BCUT2D eigenvalue weighted by molar-refractivity contribution is -0.117. The Balaban J connectivity index is 1.81. The fraction of sp³-hybridized carbons (Fsp3) is 0.333. The maximum Gasteiger partial charge on any atom is 0.358 e. The van der Waals surface area contributed by atoms with Crippen LogP contribution < -0.4 is 5.32 Å². The monoisotopic (exact) mass is 354 g/mol. The van der Waals surface area contributed by atoms with Crippen molar-refractivity contribution < 1.29 is 18.7 Å². The van der Waals surface area contributed by atoms with Gasteiger partial charge in [0.05, 0.1) is 12.8 Å². The number of esters is 1. The van der Waals surface area contributed by atoms with Crippen LogP contribution in [0.25, 0.3) is 17.1 Å². The maximum atomic E-state index is 12.1. The summed E-state index contributed by atoms with van der Waals surface area (Å²) < 4.78 is 12.3. The van der Waals surface area contributed by atoms with Gasteiger partial charge in [0.15, 0.2) is 22.8 Å². The molecular formula is C18H18N4O4. The average Bonchev–Trinajstić information content (AvgIpc) is 3.24. The lowest BCUT2D eigenvalue weighted by Gasteiger charge is -2.07. The highest BCUT2D eigenvalue weighted by Gasteiger charge is 2.30. The van der Waals surface area contributed by atoms with Crippen molar-refractivity contribution in [1.29, 1.82) is 0 Å². The van der Waals surface area contributed by atoms with Crippen LogP contribution in [0.1, 0.15) is 36.0 Å². The quantitative estimate of drug-likeness (QED) is 0.708. The molecule has 0 bridgehead atoms. The molecular weight excluding hydrogens is 336 g/mol. The predicted octanol–water partition coefficient (Wildman–Crippen LogP) is 2.82. The molecule has 0 spiro atoms. The molecule has 1 aliphatic rings. The third-order valence-electron chi connectivity index (χ3n) is 4.10. The fourth-order valence-electron chi connectivity index (χ4n) is 2.66. The van der Waals surface area contributed by atoms with Gasteiger partial charge in [-0.25, -0.2) is 14.8 Å². The summed E-state index contributed by atoms with van der Waals surface area (Å²) in [4.78, 5) is 32.9. The first-order chi connectivity index (χ1) is 12.5. The number of fused-ring (bicyclic) bond motifs is 1. The Kier molecular flexibility index (Phi) is 3.95. The minimum atomic E-state index is -0.513. The van der Waals surface area contributed by atoms with Gasteiger partial charge in [-0.15, -0.1) is 0 Å². The third kappa shape index (κ3) is 3.05. The van der Waals surface area contributed by atoms with Crippen LogP contribution >= 0.6 is 0 Å². The molecule has 26 heavy (non-hydrogen) atoms. The number of imidazole rings is 1. The zero-order chi connectivity index (χ0) is 18.3. The van der Waals surface area contributed by atoms with Gasteiger partial charge in [0.2, 0.25) is 5.91 Å². The summed E-state index contributed by atoms with van der Waals surface area (Å²) in [6.45, 7) is 3.82. The van der Waals surface area contributed by atoms with Crippen molar-refractivity contribution in [1.82, 2.24) is 14.4 Å². The SMILES string of the molecule is CCOC(=O)c1cn2cc(NC(=O)C3CC3)nc(-c3ccc(C)o3)c2n1. The number of anilines is 1. The summed E-state index contributed by atoms with van der Waals surface area (Å²) in [5, 5.41) is 2.82. The van der Waals surface area contributed by atoms with E-state index in [0.717, 1.165) is 18.6 Å². The number of rotatable bonds is 5. The van der Waals surface area contributed by atoms with Gasteiger partial charge in [0.25, 0.3) is 0 Å². The maximum absolute atomic E-state index is 12.1. The van der Waals surface area contributed by atoms with Gasteiger partial charge in [-0.05, 0) is 38.8 Å². The van der Waals surface area contributed by atoms with Gasteiger partial charge in [-0.1, -0.05) is 0 Å². The highest BCUT2D eigenvalue weighted by atomic mass is 16.5. The lowest BCUT2D eigenvalue weighted by atomic mass is 10.3. The van der Waals surface area contributed by atoms with Crippen LogP contribution in [0.4, 0.5) is 5.82 Å². The molecule has 1 fully saturated rings. The highest BCUT2D eigenvalue weighted by Crippen LogP contribution is 2.31. The normalized spacial score (nSPS) is 13.8. The average molecular weight is 354 g/mol. The van der Waals surface area contributed by atoms with Crippen LogP contribution in [-0.2, 0) is 9.53 Å². The number of amides is 1. The van der Waals surface area contributed by atoms with E-state index in [-0.39, 0.29) is 24.1 Å². The summed E-state index contributed by atoms with van der Waals surface area (Å²) in [5.41, 5.74) is 1.07. The Morgan fingerprint density at radius 2 is 2.12 bits per heavy atom. The molecule has 3 aromatic heterocycles. The van der Waals surface area contributed by atoms with Crippen LogP contribution in [0, 0.1) is 12.8 Å². The fourth-order valence-corrected chi connectivity index (χ4v) is 2.66. The molecule has 1 amide bonds. The van der Waals surface area contributed by atoms with Crippen LogP contribution in [0.15, 0.2) is 28.9 Å². The number of nitrogens with zero attached hydrogens (tertiary/aromatic N) is 3. The van der Waals surface area contributed by atoms with E-state index in [0.29, 0.717) is 22.9 Å². The van der Waals surface area contributed by atoms with Gasteiger partial charge in [0.1, 0.15) is 11.6 Å². The second-order valence-corrected chi connectivity index (χ2v) is 6.23. The number of aromatic nitrogens is 3. The molecule has 0 aromatic carbocycles. The van der Waals surface area contributed by atoms with Crippen molar-refractivity contribution in [2.45, 2.75) is 26.7 Å². The van der Waals surface area contributed by atoms with Crippen LogP contribution in [0.5, 0.6) is 0 Å². The number of hydrogen-bond acceptors (Lipinski definition) is 6. The summed E-state index contributed by atoms with van der Waals surface area (Å²) >= 11 is 0. The van der Waals surface area contributed by atoms with Gasteiger partial charge >= 0.3 is 5.97 Å². The molecule has 0 aliphatic heterocycles. The molecule has 1 aliphatic carbocycles. The molecule has 1 N–H and O–H groups in total. The number of furan rings is 1. The third-order valence-corrected chi connectivity index (χ3v) is 4.10.